The molecule has 0 atom stereocenters. The molecule has 170 valence electrons. The standard InChI is InChI=1S/C28H25N3O3/c1-16(2)22-11-19(13-26-21(22)8-10-27(32)31(26)3)20-6-4-5-17-12-25(30-15-23(17)20)18-7-9-24(28(33)34)29-14-18/h4-7,9,11-16H,8,10H2,1-3H3,(H,33,34). The van der Waals surface area contributed by atoms with Crippen LogP contribution in [0.15, 0.2) is 60.9 Å². The molecule has 1 amide bonds. The first-order valence-corrected chi connectivity index (χ1v) is 11.4. The van der Waals surface area contributed by atoms with Crippen LogP contribution in [-0.4, -0.2) is 34.0 Å². The highest BCUT2D eigenvalue weighted by atomic mass is 16.4. The number of fused-ring (bicyclic) bond motifs is 2. The second-order valence-electron chi connectivity index (χ2n) is 9.00. The lowest BCUT2D eigenvalue weighted by Gasteiger charge is -2.29. The third kappa shape index (κ3) is 3.71. The highest BCUT2D eigenvalue weighted by Crippen LogP contribution is 2.39. The number of benzene rings is 2. The van der Waals surface area contributed by atoms with Gasteiger partial charge in [0.15, 0.2) is 0 Å². The molecule has 1 aliphatic heterocycles. The van der Waals surface area contributed by atoms with Gasteiger partial charge in [0.2, 0.25) is 5.91 Å². The number of hydrogen-bond donors (Lipinski definition) is 1. The fraction of sp³-hybridized carbons (Fsp3) is 0.214. The van der Waals surface area contributed by atoms with Crippen LogP contribution in [0.5, 0.6) is 0 Å². The van der Waals surface area contributed by atoms with Crippen LogP contribution in [0, 0.1) is 0 Å². The van der Waals surface area contributed by atoms with Crippen molar-refractivity contribution >= 4 is 28.3 Å². The largest absolute Gasteiger partial charge is 0.477 e. The molecule has 2 aromatic carbocycles. The van der Waals surface area contributed by atoms with E-state index in [0.29, 0.717) is 12.3 Å². The lowest BCUT2D eigenvalue weighted by atomic mass is 9.86. The molecule has 0 spiro atoms. The van der Waals surface area contributed by atoms with Crippen LogP contribution in [0.2, 0.25) is 0 Å². The van der Waals surface area contributed by atoms with E-state index in [2.05, 4.69) is 42.0 Å². The monoisotopic (exact) mass is 451 g/mol. The number of carbonyl (C=O) groups is 2. The normalized spacial score (nSPS) is 13.4. The van der Waals surface area contributed by atoms with Crippen molar-refractivity contribution < 1.29 is 14.7 Å². The fourth-order valence-corrected chi connectivity index (χ4v) is 4.71. The molecule has 6 heteroatoms. The lowest BCUT2D eigenvalue weighted by molar-refractivity contribution is -0.118. The Morgan fingerprint density at radius 1 is 1.00 bits per heavy atom. The van der Waals surface area contributed by atoms with Gasteiger partial charge >= 0.3 is 5.97 Å². The Bertz CT molecular complexity index is 1440. The van der Waals surface area contributed by atoms with E-state index >= 15 is 0 Å². The van der Waals surface area contributed by atoms with Crippen LogP contribution < -0.4 is 4.90 Å². The van der Waals surface area contributed by atoms with E-state index in [4.69, 9.17) is 5.11 Å². The zero-order valence-electron chi connectivity index (χ0n) is 19.4. The summed E-state index contributed by atoms with van der Waals surface area (Å²) in [7, 11) is 1.86. The van der Waals surface area contributed by atoms with E-state index in [1.54, 1.807) is 11.0 Å². The number of aromatic nitrogens is 2. The number of carboxylic acid groups (broad SMARTS) is 1. The SMILES string of the molecule is CC(C)c1cc(-c2cccc3cc(-c4ccc(C(=O)O)nc4)ncc23)cc2c1CCC(=O)N2C. The molecule has 2 aromatic heterocycles. The van der Waals surface area contributed by atoms with Crippen LogP contribution in [0.3, 0.4) is 0 Å². The van der Waals surface area contributed by atoms with Gasteiger partial charge in [-0.1, -0.05) is 38.1 Å². The van der Waals surface area contributed by atoms with Gasteiger partial charge in [-0.15, -0.1) is 0 Å². The number of carbonyl (C=O) groups excluding carboxylic acids is 1. The van der Waals surface area contributed by atoms with E-state index < -0.39 is 5.97 Å². The quantitative estimate of drug-likeness (QED) is 0.431. The van der Waals surface area contributed by atoms with Gasteiger partial charge in [-0.3, -0.25) is 9.78 Å². The van der Waals surface area contributed by atoms with Crippen molar-refractivity contribution in [2.24, 2.45) is 0 Å². The summed E-state index contributed by atoms with van der Waals surface area (Å²) in [4.78, 5) is 33.9. The van der Waals surface area contributed by atoms with E-state index in [1.165, 1.54) is 23.4 Å². The number of hydrogen-bond acceptors (Lipinski definition) is 4. The maximum Gasteiger partial charge on any atom is 0.354 e. The topological polar surface area (TPSA) is 83.4 Å². The molecule has 5 rings (SSSR count). The van der Waals surface area contributed by atoms with Crippen LogP contribution in [0.25, 0.3) is 33.2 Å². The maximum absolute atomic E-state index is 12.4. The van der Waals surface area contributed by atoms with Crippen molar-refractivity contribution in [3.63, 3.8) is 0 Å². The Morgan fingerprint density at radius 3 is 2.53 bits per heavy atom. The molecule has 1 N–H and O–H groups in total. The number of rotatable bonds is 4. The zero-order chi connectivity index (χ0) is 24.0. The average Bonchev–Trinajstić information content (AvgIpc) is 2.85. The summed E-state index contributed by atoms with van der Waals surface area (Å²) in [5.74, 6) is -0.566. The fourth-order valence-electron chi connectivity index (χ4n) is 4.71. The Labute approximate surface area is 197 Å². The molecule has 0 aliphatic carbocycles. The summed E-state index contributed by atoms with van der Waals surface area (Å²) < 4.78 is 0. The van der Waals surface area contributed by atoms with Crippen molar-refractivity contribution in [2.45, 2.75) is 32.6 Å². The molecule has 0 bridgehead atoms. The second kappa shape index (κ2) is 8.37. The maximum atomic E-state index is 12.4. The summed E-state index contributed by atoms with van der Waals surface area (Å²) in [6.45, 7) is 4.38. The third-order valence-corrected chi connectivity index (χ3v) is 6.56. The van der Waals surface area contributed by atoms with Gasteiger partial charge in [0.05, 0.1) is 5.69 Å². The molecule has 4 aromatic rings. The van der Waals surface area contributed by atoms with E-state index in [-0.39, 0.29) is 11.6 Å². The van der Waals surface area contributed by atoms with Gasteiger partial charge in [-0.2, -0.15) is 0 Å². The van der Waals surface area contributed by atoms with Gasteiger partial charge < -0.3 is 10.0 Å². The average molecular weight is 452 g/mol. The zero-order valence-corrected chi connectivity index (χ0v) is 19.4. The van der Waals surface area contributed by atoms with Crippen LogP contribution in [0.4, 0.5) is 5.69 Å². The van der Waals surface area contributed by atoms with Gasteiger partial charge in [-0.25, -0.2) is 9.78 Å². The van der Waals surface area contributed by atoms with Crippen molar-refractivity contribution in [2.75, 3.05) is 11.9 Å². The molecular weight excluding hydrogens is 426 g/mol. The molecule has 1 aliphatic rings. The van der Waals surface area contributed by atoms with E-state index in [9.17, 15) is 9.59 Å². The molecule has 0 radical (unpaired) electrons. The molecule has 34 heavy (non-hydrogen) atoms. The third-order valence-electron chi connectivity index (χ3n) is 6.56. The lowest BCUT2D eigenvalue weighted by Crippen LogP contribution is -2.31. The van der Waals surface area contributed by atoms with E-state index in [1.807, 2.05) is 31.4 Å². The highest BCUT2D eigenvalue weighted by molar-refractivity contribution is 6.01. The number of carboxylic acids is 1. The Morgan fingerprint density at radius 2 is 1.82 bits per heavy atom. The number of anilines is 1. The minimum Gasteiger partial charge on any atom is -0.477 e. The minimum atomic E-state index is -1.05. The number of aromatic carboxylic acids is 1. The van der Waals surface area contributed by atoms with Gasteiger partial charge in [0.25, 0.3) is 0 Å². The molecule has 6 nitrogen and oxygen atoms in total. The van der Waals surface area contributed by atoms with Gasteiger partial charge in [0.1, 0.15) is 5.69 Å². The number of pyridine rings is 2. The Kier molecular flexibility index (Phi) is 5.36. The summed E-state index contributed by atoms with van der Waals surface area (Å²) in [5.41, 5.74) is 7.15. The van der Waals surface area contributed by atoms with Gasteiger partial charge in [-0.05, 0) is 64.2 Å². The van der Waals surface area contributed by atoms with Crippen LogP contribution in [0.1, 0.15) is 47.8 Å². The van der Waals surface area contributed by atoms with Crippen LogP contribution in [-0.2, 0) is 11.2 Å². The molecule has 0 saturated heterocycles. The van der Waals surface area contributed by atoms with Crippen molar-refractivity contribution in [3.05, 3.63) is 77.7 Å². The first-order chi connectivity index (χ1) is 16.3. The minimum absolute atomic E-state index is 0.00337. The highest BCUT2D eigenvalue weighted by Gasteiger charge is 2.25. The first-order valence-electron chi connectivity index (χ1n) is 11.4. The van der Waals surface area contributed by atoms with Crippen molar-refractivity contribution in [3.8, 4) is 22.4 Å². The summed E-state index contributed by atoms with van der Waals surface area (Å²) in [6, 6.07) is 15.7. The molecular formula is C28H25N3O3. The number of amides is 1. The summed E-state index contributed by atoms with van der Waals surface area (Å²) in [6.07, 6.45) is 4.72. The molecule has 0 saturated carbocycles. The molecule has 0 fully saturated rings. The number of nitrogens with zero attached hydrogens (tertiary/aromatic N) is 3. The van der Waals surface area contributed by atoms with Crippen LogP contribution >= 0.6 is 0 Å². The molecule has 3 heterocycles. The smallest absolute Gasteiger partial charge is 0.354 e. The molecule has 0 unspecified atom stereocenters. The summed E-state index contributed by atoms with van der Waals surface area (Å²) >= 11 is 0. The van der Waals surface area contributed by atoms with Crippen molar-refractivity contribution in [1.82, 2.24) is 9.97 Å². The van der Waals surface area contributed by atoms with E-state index in [0.717, 1.165) is 45.3 Å². The van der Waals surface area contributed by atoms with Crippen molar-refractivity contribution in [1.29, 1.82) is 0 Å². The Balaban J connectivity index is 1.63. The van der Waals surface area contributed by atoms with Gasteiger partial charge in [0, 0.05) is 42.5 Å². The first kappa shape index (κ1) is 21.8. The predicted octanol–water partition coefficient (Wildman–Crippen LogP) is 5.69. The Hall–Kier alpha value is -4.06. The summed E-state index contributed by atoms with van der Waals surface area (Å²) in [5, 5.41) is 11.1. The second-order valence-corrected chi connectivity index (χ2v) is 9.00. The predicted molar refractivity (Wildman–Crippen MR) is 133 cm³/mol.